The quantitative estimate of drug-likeness (QED) is 0.443. The molecule has 0 aromatic rings. The van der Waals surface area contributed by atoms with E-state index in [0.29, 0.717) is 0 Å². The van der Waals surface area contributed by atoms with Crippen LogP contribution in [-0.2, 0) is 14.4 Å². The minimum atomic E-state index is -1.22. The maximum atomic E-state index is 11.4. The zero-order valence-corrected chi connectivity index (χ0v) is 9.19. The first-order chi connectivity index (χ1) is 7.38. The highest BCUT2D eigenvalue weighted by Crippen LogP contribution is 1.93. The number of aliphatic hydroxyl groups is 1. The summed E-state index contributed by atoms with van der Waals surface area (Å²) in [5, 5.41) is 21.8. The second kappa shape index (κ2) is 6.78. The second-order valence-electron chi connectivity index (χ2n) is 3.33. The third-order valence-electron chi connectivity index (χ3n) is 1.85. The Morgan fingerprint density at radius 1 is 1.25 bits per heavy atom. The van der Waals surface area contributed by atoms with Crippen molar-refractivity contribution in [2.24, 2.45) is 0 Å². The number of aliphatic hydroxyl groups excluding tert-OH is 1. The van der Waals surface area contributed by atoms with Gasteiger partial charge in [0.25, 0.3) is 0 Å². The third-order valence-corrected chi connectivity index (χ3v) is 1.85. The SMILES string of the molecule is CC(=O)NC(C)C(=O)NC(CCO)C(=O)O. The molecule has 4 N–H and O–H groups in total. The standard InChI is InChI=1S/C9H16N2O5/c1-5(10-6(2)13)8(14)11-7(3-4-12)9(15)16/h5,7,12H,3-4H2,1-2H3,(H,10,13)(H,11,14)(H,15,16). The first kappa shape index (κ1) is 14.4. The van der Waals surface area contributed by atoms with Gasteiger partial charge in [-0.05, 0) is 6.92 Å². The molecule has 2 unspecified atom stereocenters. The number of hydrogen-bond acceptors (Lipinski definition) is 4. The molecule has 0 aliphatic heterocycles. The summed E-state index contributed by atoms with van der Waals surface area (Å²) >= 11 is 0. The van der Waals surface area contributed by atoms with E-state index in [1.807, 2.05) is 0 Å². The predicted octanol–water partition coefficient (Wildman–Crippen LogP) is -1.54. The van der Waals surface area contributed by atoms with Crippen molar-refractivity contribution in [1.82, 2.24) is 10.6 Å². The zero-order valence-electron chi connectivity index (χ0n) is 9.19. The van der Waals surface area contributed by atoms with E-state index in [-0.39, 0.29) is 18.9 Å². The summed E-state index contributed by atoms with van der Waals surface area (Å²) in [6.07, 6.45) is -0.0755. The lowest BCUT2D eigenvalue weighted by Gasteiger charge is -2.17. The van der Waals surface area contributed by atoms with Gasteiger partial charge in [0.15, 0.2) is 0 Å². The van der Waals surface area contributed by atoms with Crippen LogP contribution in [-0.4, -0.2) is 46.7 Å². The van der Waals surface area contributed by atoms with Gasteiger partial charge in [0.2, 0.25) is 11.8 Å². The van der Waals surface area contributed by atoms with Gasteiger partial charge in [-0.15, -0.1) is 0 Å². The lowest BCUT2D eigenvalue weighted by Crippen LogP contribution is -2.50. The fraction of sp³-hybridized carbons (Fsp3) is 0.667. The molecular formula is C9H16N2O5. The molecule has 0 fully saturated rings. The van der Waals surface area contributed by atoms with Gasteiger partial charge >= 0.3 is 5.97 Å². The molecule has 0 aromatic heterocycles. The lowest BCUT2D eigenvalue weighted by atomic mass is 10.2. The van der Waals surface area contributed by atoms with E-state index in [2.05, 4.69) is 10.6 Å². The highest BCUT2D eigenvalue weighted by atomic mass is 16.4. The van der Waals surface area contributed by atoms with E-state index in [0.717, 1.165) is 0 Å². The molecule has 0 heterocycles. The monoisotopic (exact) mass is 232 g/mol. The number of rotatable bonds is 6. The second-order valence-corrected chi connectivity index (χ2v) is 3.33. The van der Waals surface area contributed by atoms with Gasteiger partial charge < -0.3 is 20.8 Å². The lowest BCUT2D eigenvalue weighted by molar-refractivity contribution is -0.142. The molecule has 0 radical (unpaired) electrons. The van der Waals surface area contributed by atoms with Crippen molar-refractivity contribution in [2.75, 3.05) is 6.61 Å². The number of hydrogen-bond donors (Lipinski definition) is 4. The summed E-state index contributed by atoms with van der Waals surface area (Å²) in [6.45, 7) is 2.35. The Morgan fingerprint density at radius 3 is 2.19 bits per heavy atom. The van der Waals surface area contributed by atoms with Crippen LogP contribution in [0.1, 0.15) is 20.3 Å². The van der Waals surface area contributed by atoms with Crippen LogP contribution in [0.3, 0.4) is 0 Å². The van der Waals surface area contributed by atoms with Crippen molar-refractivity contribution in [2.45, 2.75) is 32.4 Å². The first-order valence-electron chi connectivity index (χ1n) is 4.79. The van der Waals surface area contributed by atoms with Crippen LogP contribution in [0.4, 0.5) is 0 Å². The number of carboxylic acid groups (broad SMARTS) is 1. The number of carboxylic acids is 1. The minimum Gasteiger partial charge on any atom is -0.480 e. The summed E-state index contributed by atoms with van der Waals surface area (Å²) in [5.41, 5.74) is 0. The average Bonchev–Trinajstić information content (AvgIpc) is 2.15. The smallest absolute Gasteiger partial charge is 0.326 e. The highest BCUT2D eigenvalue weighted by Gasteiger charge is 2.22. The van der Waals surface area contributed by atoms with Gasteiger partial charge in [0.1, 0.15) is 12.1 Å². The highest BCUT2D eigenvalue weighted by molar-refractivity contribution is 5.89. The molecule has 2 amide bonds. The molecule has 0 saturated carbocycles. The largest absolute Gasteiger partial charge is 0.480 e. The molecule has 0 aliphatic rings. The molecule has 16 heavy (non-hydrogen) atoms. The molecule has 2 atom stereocenters. The summed E-state index contributed by atoms with van der Waals surface area (Å²) in [7, 11) is 0. The number of nitrogens with one attached hydrogen (secondary N) is 2. The van der Waals surface area contributed by atoms with Crippen molar-refractivity contribution >= 4 is 17.8 Å². The fourth-order valence-corrected chi connectivity index (χ4v) is 1.05. The van der Waals surface area contributed by atoms with Crippen LogP contribution in [0, 0.1) is 0 Å². The van der Waals surface area contributed by atoms with Crippen molar-refractivity contribution in [3.63, 3.8) is 0 Å². The van der Waals surface area contributed by atoms with E-state index in [4.69, 9.17) is 10.2 Å². The van der Waals surface area contributed by atoms with Gasteiger partial charge in [0, 0.05) is 20.0 Å². The van der Waals surface area contributed by atoms with Gasteiger partial charge in [-0.25, -0.2) is 4.79 Å². The van der Waals surface area contributed by atoms with E-state index >= 15 is 0 Å². The van der Waals surface area contributed by atoms with E-state index < -0.39 is 24.0 Å². The molecule has 0 rings (SSSR count). The third kappa shape index (κ3) is 5.30. The molecule has 0 aromatic carbocycles. The Hall–Kier alpha value is -1.63. The van der Waals surface area contributed by atoms with Crippen LogP contribution in [0.2, 0.25) is 0 Å². The molecule has 0 saturated heterocycles. The zero-order chi connectivity index (χ0) is 12.7. The van der Waals surface area contributed by atoms with E-state index in [1.165, 1.54) is 13.8 Å². The number of carbonyl (C=O) groups is 3. The Morgan fingerprint density at radius 2 is 1.81 bits per heavy atom. The van der Waals surface area contributed by atoms with Crippen LogP contribution in [0.5, 0.6) is 0 Å². The molecule has 0 bridgehead atoms. The van der Waals surface area contributed by atoms with Crippen molar-refractivity contribution in [3.8, 4) is 0 Å². The van der Waals surface area contributed by atoms with Crippen LogP contribution in [0.25, 0.3) is 0 Å². The average molecular weight is 232 g/mol. The van der Waals surface area contributed by atoms with E-state index in [1.54, 1.807) is 0 Å². The van der Waals surface area contributed by atoms with Gasteiger partial charge in [-0.2, -0.15) is 0 Å². The summed E-state index contributed by atoms with van der Waals surface area (Å²) in [5.74, 6) is -2.20. The number of amides is 2. The normalized spacial score (nSPS) is 13.7. The van der Waals surface area contributed by atoms with Crippen molar-refractivity contribution in [1.29, 1.82) is 0 Å². The summed E-state index contributed by atoms with van der Waals surface area (Å²) in [6, 6.07) is -1.95. The van der Waals surface area contributed by atoms with Crippen molar-refractivity contribution in [3.05, 3.63) is 0 Å². The van der Waals surface area contributed by atoms with Gasteiger partial charge in [-0.1, -0.05) is 0 Å². The molecular weight excluding hydrogens is 216 g/mol. The maximum absolute atomic E-state index is 11.4. The first-order valence-corrected chi connectivity index (χ1v) is 4.79. The Labute approximate surface area is 92.8 Å². The van der Waals surface area contributed by atoms with Crippen LogP contribution in [0.15, 0.2) is 0 Å². The molecule has 0 aliphatic carbocycles. The van der Waals surface area contributed by atoms with Crippen LogP contribution < -0.4 is 10.6 Å². The Bertz CT molecular complexity index is 279. The van der Waals surface area contributed by atoms with E-state index in [9.17, 15) is 14.4 Å². The van der Waals surface area contributed by atoms with Gasteiger partial charge in [-0.3, -0.25) is 9.59 Å². The summed E-state index contributed by atoms with van der Waals surface area (Å²) in [4.78, 5) is 32.7. The summed E-state index contributed by atoms with van der Waals surface area (Å²) < 4.78 is 0. The van der Waals surface area contributed by atoms with Gasteiger partial charge in [0.05, 0.1) is 0 Å². The Balaban J connectivity index is 4.28. The van der Waals surface area contributed by atoms with Crippen molar-refractivity contribution < 1.29 is 24.6 Å². The van der Waals surface area contributed by atoms with Crippen LogP contribution >= 0.6 is 0 Å². The maximum Gasteiger partial charge on any atom is 0.326 e. The Kier molecular flexibility index (Phi) is 6.09. The minimum absolute atomic E-state index is 0.0755. The molecule has 7 heteroatoms. The molecule has 7 nitrogen and oxygen atoms in total. The molecule has 0 spiro atoms. The topological polar surface area (TPSA) is 116 Å². The number of aliphatic carboxylic acids is 1. The molecule has 92 valence electrons. The fourth-order valence-electron chi connectivity index (χ4n) is 1.05. The number of carbonyl (C=O) groups excluding carboxylic acids is 2. The predicted molar refractivity (Wildman–Crippen MR) is 54.5 cm³/mol.